The van der Waals surface area contributed by atoms with Crippen LogP contribution in [0, 0.1) is 10.1 Å². The fourth-order valence-corrected chi connectivity index (χ4v) is 4.70. The molecule has 146 valence electrons. The Kier molecular flexibility index (Phi) is 5.13. The number of hydrogen-bond acceptors (Lipinski definition) is 4. The lowest BCUT2D eigenvalue weighted by Gasteiger charge is -2.35. The van der Waals surface area contributed by atoms with E-state index in [1.54, 1.807) is 18.2 Å². The Labute approximate surface area is 164 Å². The van der Waals surface area contributed by atoms with E-state index in [1.165, 1.54) is 30.0 Å². The zero-order valence-corrected chi connectivity index (χ0v) is 16.1. The SMILES string of the molecule is CN(C(=O)Cc1ccccc1[N+](=O)[O-])[C@@H]1c2ccccc2C[C@H]1N1CCCC1. The highest BCUT2D eigenvalue weighted by atomic mass is 16.6. The number of likely N-dealkylation sites (N-methyl/N-ethyl adjacent to an activating group) is 1. The summed E-state index contributed by atoms with van der Waals surface area (Å²) in [4.78, 5) is 28.3. The molecule has 1 aliphatic heterocycles. The van der Waals surface area contributed by atoms with Crippen LogP contribution in [0.1, 0.15) is 35.6 Å². The van der Waals surface area contributed by atoms with Gasteiger partial charge < -0.3 is 4.90 Å². The van der Waals surface area contributed by atoms with Crippen LogP contribution in [-0.2, 0) is 17.6 Å². The monoisotopic (exact) mass is 379 g/mol. The molecular formula is C22H25N3O3. The molecule has 6 heteroatoms. The summed E-state index contributed by atoms with van der Waals surface area (Å²) >= 11 is 0. The number of nitro benzene ring substituents is 1. The lowest BCUT2D eigenvalue weighted by molar-refractivity contribution is -0.385. The Bertz CT molecular complexity index is 892. The van der Waals surface area contributed by atoms with Crippen LogP contribution >= 0.6 is 0 Å². The van der Waals surface area contributed by atoms with Crippen LogP contribution in [0.15, 0.2) is 48.5 Å². The highest BCUT2D eigenvalue weighted by Crippen LogP contribution is 2.39. The standard InChI is InChI=1S/C22H25N3O3/c1-23(21(26)15-17-9-3-5-11-19(17)25(27)28)22-18-10-4-2-8-16(18)14-20(22)24-12-6-7-13-24/h2-5,8-11,20,22H,6-7,12-15H2,1H3/t20-,22-/m1/s1. The third kappa shape index (κ3) is 3.40. The number of hydrogen-bond donors (Lipinski definition) is 0. The molecule has 0 saturated carbocycles. The van der Waals surface area contributed by atoms with Gasteiger partial charge in [0.15, 0.2) is 0 Å². The molecule has 6 nitrogen and oxygen atoms in total. The predicted molar refractivity (Wildman–Crippen MR) is 107 cm³/mol. The molecule has 0 bridgehead atoms. The van der Waals surface area contributed by atoms with Crippen molar-refractivity contribution in [1.29, 1.82) is 0 Å². The summed E-state index contributed by atoms with van der Waals surface area (Å²) < 4.78 is 0. The molecule has 2 atom stereocenters. The van der Waals surface area contributed by atoms with E-state index in [-0.39, 0.29) is 30.1 Å². The molecule has 28 heavy (non-hydrogen) atoms. The Morgan fingerprint density at radius 2 is 1.82 bits per heavy atom. The molecule has 0 unspecified atom stereocenters. The van der Waals surface area contributed by atoms with Gasteiger partial charge in [0.2, 0.25) is 5.91 Å². The van der Waals surface area contributed by atoms with Crippen LogP contribution in [0.25, 0.3) is 0 Å². The van der Waals surface area contributed by atoms with Crippen molar-refractivity contribution in [1.82, 2.24) is 9.80 Å². The van der Waals surface area contributed by atoms with Gasteiger partial charge in [0.05, 0.1) is 17.4 Å². The fraction of sp³-hybridized carbons (Fsp3) is 0.409. The van der Waals surface area contributed by atoms with Gasteiger partial charge in [0.25, 0.3) is 5.69 Å². The maximum Gasteiger partial charge on any atom is 0.273 e. The minimum absolute atomic E-state index is 0.00663. The van der Waals surface area contributed by atoms with Crippen molar-refractivity contribution in [3.05, 3.63) is 75.3 Å². The van der Waals surface area contributed by atoms with Crippen molar-refractivity contribution in [2.75, 3.05) is 20.1 Å². The van der Waals surface area contributed by atoms with Gasteiger partial charge in [0, 0.05) is 24.7 Å². The first-order valence-corrected chi connectivity index (χ1v) is 9.86. The summed E-state index contributed by atoms with van der Waals surface area (Å²) in [5, 5.41) is 11.3. The maximum atomic E-state index is 13.1. The quantitative estimate of drug-likeness (QED) is 0.590. The predicted octanol–water partition coefficient (Wildman–Crippen LogP) is 3.36. The van der Waals surface area contributed by atoms with Crippen molar-refractivity contribution in [3.63, 3.8) is 0 Å². The lowest BCUT2D eigenvalue weighted by atomic mass is 10.0. The summed E-state index contributed by atoms with van der Waals surface area (Å²) in [7, 11) is 1.84. The second kappa shape index (κ2) is 7.72. The van der Waals surface area contributed by atoms with Crippen molar-refractivity contribution in [3.8, 4) is 0 Å². The third-order valence-electron chi connectivity index (χ3n) is 6.12. The maximum absolute atomic E-state index is 13.1. The van der Waals surface area contributed by atoms with Crippen molar-refractivity contribution in [2.45, 2.75) is 37.8 Å². The van der Waals surface area contributed by atoms with E-state index in [4.69, 9.17) is 0 Å². The topological polar surface area (TPSA) is 66.7 Å². The van der Waals surface area contributed by atoms with Gasteiger partial charge in [-0.1, -0.05) is 42.5 Å². The number of nitro groups is 1. The van der Waals surface area contributed by atoms with E-state index in [9.17, 15) is 14.9 Å². The number of nitrogens with zero attached hydrogens (tertiary/aromatic N) is 3. The second-order valence-corrected chi connectivity index (χ2v) is 7.73. The Balaban J connectivity index is 1.60. The number of rotatable bonds is 5. The molecule has 1 fully saturated rings. The molecule has 2 aromatic rings. The summed E-state index contributed by atoms with van der Waals surface area (Å²) in [5.74, 6) is -0.0831. The molecule has 1 saturated heterocycles. The molecular weight excluding hydrogens is 354 g/mol. The lowest BCUT2D eigenvalue weighted by Crippen LogP contribution is -2.44. The average Bonchev–Trinajstić information content (AvgIpc) is 3.35. The molecule has 1 amide bonds. The third-order valence-corrected chi connectivity index (χ3v) is 6.12. The fourth-order valence-electron chi connectivity index (χ4n) is 4.70. The van der Waals surface area contributed by atoms with Crippen LogP contribution in [0.3, 0.4) is 0 Å². The average molecular weight is 379 g/mol. The molecule has 2 aromatic carbocycles. The Morgan fingerprint density at radius 3 is 2.57 bits per heavy atom. The number of carbonyl (C=O) groups excluding carboxylic acids is 1. The van der Waals surface area contributed by atoms with Crippen LogP contribution < -0.4 is 0 Å². The zero-order valence-electron chi connectivity index (χ0n) is 16.1. The number of likely N-dealkylation sites (tertiary alicyclic amines) is 1. The number of para-hydroxylation sites is 1. The smallest absolute Gasteiger partial charge is 0.273 e. The van der Waals surface area contributed by atoms with Gasteiger partial charge in [-0.2, -0.15) is 0 Å². The van der Waals surface area contributed by atoms with Crippen LogP contribution in [0.4, 0.5) is 5.69 Å². The number of carbonyl (C=O) groups is 1. The Morgan fingerprint density at radius 1 is 1.14 bits per heavy atom. The molecule has 0 radical (unpaired) electrons. The van der Waals surface area contributed by atoms with E-state index in [0.717, 1.165) is 19.5 Å². The van der Waals surface area contributed by atoms with Gasteiger partial charge in [0.1, 0.15) is 0 Å². The molecule has 1 heterocycles. The van der Waals surface area contributed by atoms with Gasteiger partial charge in [-0.05, 0) is 43.5 Å². The minimum atomic E-state index is -0.416. The highest BCUT2D eigenvalue weighted by molar-refractivity contribution is 5.80. The van der Waals surface area contributed by atoms with E-state index in [2.05, 4.69) is 23.1 Å². The van der Waals surface area contributed by atoms with Crippen molar-refractivity contribution >= 4 is 11.6 Å². The van der Waals surface area contributed by atoms with E-state index < -0.39 is 4.92 Å². The van der Waals surface area contributed by atoms with Crippen LogP contribution in [0.5, 0.6) is 0 Å². The normalized spacial score (nSPS) is 21.5. The largest absolute Gasteiger partial charge is 0.337 e. The summed E-state index contributed by atoms with van der Waals surface area (Å²) in [5.41, 5.74) is 2.98. The number of amides is 1. The first-order valence-electron chi connectivity index (χ1n) is 9.86. The van der Waals surface area contributed by atoms with Gasteiger partial charge in [-0.15, -0.1) is 0 Å². The van der Waals surface area contributed by atoms with Gasteiger partial charge >= 0.3 is 0 Å². The molecule has 0 N–H and O–H groups in total. The van der Waals surface area contributed by atoms with E-state index in [0.29, 0.717) is 5.56 Å². The first-order chi connectivity index (χ1) is 13.6. The molecule has 0 spiro atoms. The van der Waals surface area contributed by atoms with Crippen LogP contribution in [-0.4, -0.2) is 46.8 Å². The number of benzene rings is 2. The Hall–Kier alpha value is -2.73. The minimum Gasteiger partial charge on any atom is -0.337 e. The van der Waals surface area contributed by atoms with Crippen LogP contribution in [0.2, 0.25) is 0 Å². The highest BCUT2D eigenvalue weighted by Gasteiger charge is 2.40. The summed E-state index contributed by atoms with van der Waals surface area (Å²) in [6.45, 7) is 2.14. The van der Waals surface area contributed by atoms with E-state index in [1.807, 2.05) is 18.0 Å². The zero-order chi connectivity index (χ0) is 19.7. The molecule has 0 aromatic heterocycles. The van der Waals surface area contributed by atoms with E-state index >= 15 is 0 Å². The van der Waals surface area contributed by atoms with Crippen molar-refractivity contribution in [2.24, 2.45) is 0 Å². The second-order valence-electron chi connectivity index (χ2n) is 7.73. The first kappa shape index (κ1) is 18.6. The summed E-state index contributed by atoms with van der Waals surface area (Å²) in [6, 6.07) is 15.1. The van der Waals surface area contributed by atoms with Gasteiger partial charge in [-0.25, -0.2) is 0 Å². The molecule has 4 rings (SSSR count). The van der Waals surface area contributed by atoms with Gasteiger partial charge in [-0.3, -0.25) is 19.8 Å². The summed E-state index contributed by atoms with van der Waals surface area (Å²) in [6.07, 6.45) is 3.39. The molecule has 1 aliphatic carbocycles. The number of fused-ring (bicyclic) bond motifs is 1. The van der Waals surface area contributed by atoms with Crippen molar-refractivity contribution < 1.29 is 9.72 Å². The molecule has 2 aliphatic rings.